The summed E-state index contributed by atoms with van der Waals surface area (Å²) in [7, 11) is 0. The number of guanidine groups is 1. The van der Waals surface area contributed by atoms with E-state index in [-0.39, 0.29) is 11.8 Å². The van der Waals surface area contributed by atoms with Crippen LogP contribution in [0.4, 0.5) is 0 Å². The van der Waals surface area contributed by atoms with E-state index in [0.29, 0.717) is 19.1 Å². The van der Waals surface area contributed by atoms with E-state index in [1.165, 1.54) is 0 Å². The zero-order chi connectivity index (χ0) is 16.4. The van der Waals surface area contributed by atoms with Crippen molar-refractivity contribution in [3.05, 3.63) is 0 Å². The van der Waals surface area contributed by atoms with Gasteiger partial charge < -0.3 is 16.0 Å². The first-order valence-corrected chi connectivity index (χ1v) is 8.66. The van der Waals surface area contributed by atoms with Gasteiger partial charge in [0.05, 0.1) is 6.54 Å². The van der Waals surface area contributed by atoms with Gasteiger partial charge in [0.25, 0.3) is 0 Å². The molecule has 0 aromatic heterocycles. The van der Waals surface area contributed by atoms with Crippen LogP contribution in [0.25, 0.3) is 0 Å². The second-order valence-electron chi connectivity index (χ2n) is 5.78. The maximum absolute atomic E-state index is 11.5. The Bertz CT molecular complexity index is 350. The highest BCUT2D eigenvalue weighted by molar-refractivity contribution is 5.81. The van der Waals surface area contributed by atoms with Crippen LogP contribution >= 0.6 is 0 Å². The van der Waals surface area contributed by atoms with Crippen LogP contribution in [0, 0.1) is 5.92 Å². The minimum absolute atomic E-state index is 0.193. The molecular weight excluding hydrogens is 278 g/mol. The van der Waals surface area contributed by atoms with Crippen LogP contribution in [-0.4, -0.2) is 62.1 Å². The van der Waals surface area contributed by atoms with E-state index in [4.69, 9.17) is 0 Å². The molecule has 1 unspecified atom stereocenters. The molecule has 0 spiro atoms. The summed E-state index contributed by atoms with van der Waals surface area (Å²) in [6.45, 7) is 13.6. The van der Waals surface area contributed by atoms with Crippen LogP contribution in [0.15, 0.2) is 4.99 Å². The summed E-state index contributed by atoms with van der Waals surface area (Å²) < 4.78 is 0. The molecule has 1 aliphatic rings. The smallest absolute Gasteiger partial charge is 0.223 e. The predicted octanol–water partition coefficient (Wildman–Crippen LogP) is 0.798. The Labute approximate surface area is 135 Å². The molecule has 1 saturated carbocycles. The third-order valence-corrected chi connectivity index (χ3v) is 3.96. The van der Waals surface area contributed by atoms with Crippen molar-refractivity contribution in [3.63, 3.8) is 0 Å². The van der Waals surface area contributed by atoms with Crippen molar-refractivity contribution in [2.24, 2.45) is 10.9 Å². The summed E-state index contributed by atoms with van der Waals surface area (Å²) in [4.78, 5) is 18.6. The maximum Gasteiger partial charge on any atom is 0.223 e. The quantitative estimate of drug-likeness (QED) is 0.317. The number of likely N-dealkylation sites (N-methyl/N-ethyl adjacent to an activating group) is 1. The summed E-state index contributed by atoms with van der Waals surface area (Å²) in [6, 6.07) is 0.431. The Morgan fingerprint density at radius 1 is 1.14 bits per heavy atom. The van der Waals surface area contributed by atoms with Gasteiger partial charge in [-0.2, -0.15) is 0 Å². The standard InChI is InChI=1S/C16H33N5O/c1-5-17-16(20-12-13(4)21(6-2)7-3)19-11-10-18-15(22)14-8-9-14/h13-14H,5-12H2,1-4H3,(H,18,22)(H2,17,19,20). The van der Waals surface area contributed by atoms with E-state index in [2.05, 4.69) is 53.5 Å². The van der Waals surface area contributed by atoms with Crippen molar-refractivity contribution in [2.75, 3.05) is 39.3 Å². The average molecular weight is 311 g/mol. The number of rotatable bonds is 10. The number of nitrogens with zero attached hydrogens (tertiary/aromatic N) is 2. The lowest BCUT2D eigenvalue weighted by molar-refractivity contribution is -0.122. The second-order valence-corrected chi connectivity index (χ2v) is 5.78. The van der Waals surface area contributed by atoms with E-state index < -0.39 is 0 Å². The molecule has 6 heteroatoms. The first kappa shape index (κ1) is 18.7. The highest BCUT2D eigenvalue weighted by atomic mass is 16.2. The van der Waals surface area contributed by atoms with E-state index in [1.54, 1.807) is 0 Å². The largest absolute Gasteiger partial charge is 0.357 e. The molecule has 0 bridgehead atoms. The molecule has 0 aliphatic heterocycles. The molecule has 128 valence electrons. The lowest BCUT2D eigenvalue weighted by Crippen LogP contribution is -2.43. The van der Waals surface area contributed by atoms with Gasteiger partial charge in [-0.3, -0.25) is 14.7 Å². The molecule has 0 radical (unpaired) electrons. The molecule has 1 atom stereocenters. The SMILES string of the molecule is CCNC(=NCC(C)N(CC)CC)NCCNC(=O)C1CC1. The Morgan fingerprint density at radius 3 is 2.32 bits per heavy atom. The lowest BCUT2D eigenvalue weighted by Gasteiger charge is -2.25. The van der Waals surface area contributed by atoms with Crippen LogP contribution in [0.3, 0.4) is 0 Å². The Morgan fingerprint density at radius 2 is 1.77 bits per heavy atom. The first-order valence-electron chi connectivity index (χ1n) is 8.66. The number of hydrogen-bond acceptors (Lipinski definition) is 3. The first-order chi connectivity index (χ1) is 10.6. The molecule has 3 N–H and O–H groups in total. The van der Waals surface area contributed by atoms with Crippen LogP contribution in [0.2, 0.25) is 0 Å². The number of carbonyl (C=O) groups excluding carboxylic acids is 1. The third-order valence-electron chi connectivity index (χ3n) is 3.96. The normalized spacial score (nSPS) is 16.5. The van der Waals surface area contributed by atoms with Gasteiger partial charge in [0.2, 0.25) is 5.91 Å². The Balaban J connectivity index is 2.29. The average Bonchev–Trinajstić information content (AvgIpc) is 3.34. The van der Waals surface area contributed by atoms with Gasteiger partial charge in [-0.05, 0) is 39.8 Å². The third kappa shape index (κ3) is 7.11. The van der Waals surface area contributed by atoms with Crippen LogP contribution in [0.5, 0.6) is 0 Å². The molecule has 22 heavy (non-hydrogen) atoms. The van der Waals surface area contributed by atoms with E-state index in [1.807, 2.05) is 0 Å². The van der Waals surface area contributed by atoms with Gasteiger partial charge in [-0.25, -0.2) is 0 Å². The zero-order valence-corrected chi connectivity index (χ0v) is 14.6. The molecule has 0 aromatic carbocycles. The van der Waals surface area contributed by atoms with Gasteiger partial charge in [0.1, 0.15) is 0 Å². The summed E-state index contributed by atoms with van der Waals surface area (Å²) in [5.41, 5.74) is 0. The summed E-state index contributed by atoms with van der Waals surface area (Å²) in [5.74, 6) is 1.29. The molecule has 1 amide bonds. The fraction of sp³-hybridized carbons (Fsp3) is 0.875. The van der Waals surface area contributed by atoms with Gasteiger partial charge >= 0.3 is 0 Å². The highest BCUT2D eigenvalue weighted by Crippen LogP contribution is 2.28. The molecule has 0 heterocycles. The fourth-order valence-corrected chi connectivity index (χ4v) is 2.38. The molecule has 1 aliphatic carbocycles. The fourth-order valence-electron chi connectivity index (χ4n) is 2.38. The van der Waals surface area contributed by atoms with Crippen molar-refractivity contribution < 1.29 is 4.79 Å². The molecule has 1 rings (SSSR count). The minimum Gasteiger partial charge on any atom is -0.357 e. The van der Waals surface area contributed by atoms with Crippen LogP contribution in [-0.2, 0) is 4.79 Å². The van der Waals surface area contributed by atoms with E-state index in [9.17, 15) is 4.79 Å². The molecule has 1 fully saturated rings. The monoisotopic (exact) mass is 311 g/mol. The van der Waals surface area contributed by atoms with Crippen LogP contribution in [0.1, 0.15) is 40.5 Å². The number of amides is 1. The van der Waals surface area contributed by atoms with Gasteiger partial charge in [0, 0.05) is 31.6 Å². The maximum atomic E-state index is 11.5. The number of hydrogen-bond donors (Lipinski definition) is 3. The highest BCUT2D eigenvalue weighted by Gasteiger charge is 2.28. The van der Waals surface area contributed by atoms with Crippen molar-refractivity contribution in [1.29, 1.82) is 0 Å². The molecule has 0 saturated heterocycles. The van der Waals surface area contributed by atoms with Gasteiger partial charge in [0.15, 0.2) is 5.96 Å². The van der Waals surface area contributed by atoms with Crippen LogP contribution < -0.4 is 16.0 Å². The summed E-state index contributed by atoms with van der Waals surface area (Å²) >= 11 is 0. The summed E-state index contributed by atoms with van der Waals surface area (Å²) in [5, 5.41) is 9.47. The predicted molar refractivity (Wildman–Crippen MR) is 92.1 cm³/mol. The second kappa shape index (κ2) is 10.4. The van der Waals surface area contributed by atoms with Crippen molar-refractivity contribution in [1.82, 2.24) is 20.9 Å². The Hall–Kier alpha value is -1.30. The number of aliphatic imine (C=N–C) groups is 1. The minimum atomic E-state index is 0.193. The number of nitrogens with one attached hydrogen (secondary N) is 3. The zero-order valence-electron chi connectivity index (χ0n) is 14.6. The van der Waals surface area contributed by atoms with Crippen molar-refractivity contribution >= 4 is 11.9 Å². The molecular formula is C16H33N5O. The Kier molecular flexibility index (Phi) is 8.89. The van der Waals surface area contributed by atoms with Gasteiger partial charge in [-0.1, -0.05) is 13.8 Å². The van der Waals surface area contributed by atoms with Crippen molar-refractivity contribution in [2.45, 2.75) is 46.6 Å². The molecule has 0 aromatic rings. The van der Waals surface area contributed by atoms with Gasteiger partial charge in [-0.15, -0.1) is 0 Å². The topological polar surface area (TPSA) is 68.8 Å². The number of carbonyl (C=O) groups is 1. The molecule has 6 nitrogen and oxygen atoms in total. The van der Waals surface area contributed by atoms with E-state index >= 15 is 0 Å². The lowest BCUT2D eigenvalue weighted by atomic mass is 10.3. The van der Waals surface area contributed by atoms with Crippen molar-refractivity contribution in [3.8, 4) is 0 Å². The van der Waals surface area contributed by atoms with E-state index in [0.717, 1.165) is 45.0 Å². The summed E-state index contributed by atoms with van der Waals surface area (Å²) in [6.07, 6.45) is 2.10.